The van der Waals surface area contributed by atoms with Gasteiger partial charge >= 0.3 is 0 Å². The van der Waals surface area contributed by atoms with Crippen molar-refractivity contribution in [2.24, 2.45) is 0 Å². The Kier molecular flexibility index (Phi) is 1.15. The minimum absolute atomic E-state index is 0.606. The summed E-state index contributed by atoms with van der Waals surface area (Å²) < 4.78 is 5.02. The first-order valence-electron chi connectivity index (χ1n) is 4.36. The Morgan fingerprint density at radius 1 is 1.38 bits per heavy atom. The molecule has 0 amide bonds. The molecule has 13 heavy (non-hydrogen) atoms. The molecular weight excluding hydrogens is 166 g/mol. The predicted octanol–water partition coefficient (Wildman–Crippen LogP) is 1.81. The molecule has 1 aliphatic carbocycles. The van der Waals surface area contributed by atoms with Crippen LogP contribution in [0.25, 0.3) is 11.0 Å². The van der Waals surface area contributed by atoms with Crippen LogP contribution in [0.1, 0.15) is 18.4 Å². The standard InChI is InChI=1S/C10H9NO2/c12-10(4-5-10)8-2-1-3-9-7(8)6-11-13-9/h1-3,6,12H,4-5H2. The van der Waals surface area contributed by atoms with Crippen molar-refractivity contribution in [3.63, 3.8) is 0 Å². The largest absolute Gasteiger partial charge is 0.385 e. The third kappa shape index (κ3) is 0.906. The first-order chi connectivity index (χ1) is 6.30. The average molecular weight is 175 g/mol. The number of fused-ring (bicyclic) bond motifs is 1. The van der Waals surface area contributed by atoms with Gasteiger partial charge in [0.05, 0.1) is 11.8 Å². The maximum Gasteiger partial charge on any atom is 0.167 e. The number of aromatic nitrogens is 1. The second-order valence-electron chi connectivity index (χ2n) is 3.57. The zero-order chi connectivity index (χ0) is 8.89. The molecule has 66 valence electrons. The van der Waals surface area contributed by atoms with E-state index in [1.54, 1.807) is 6.20 Å². The molecule has 1 aromatic carbocycles. The zero-order valence-corrected chi connectivity index (χ0v) is 7.03. The van der Waals surface area contributed by atoms with Crippen LogP contribution >= 0.6 is 0 Å². The molecule has 3 rings (SSSR count). The summed E-state index contributed by atoms with van der Waals surface area (Å²) in [6.45, 7) is 0. The van der Waals surface area contributed by atoms with E-state index in [1.807, 2.05) is 18.2 Å². The lowest BCUT2D eigenvalue weighted by Gasteiger charge is -2.07. The van der Waals surface area contributed by atoms with Crippen molar-refractivity contribution in [1.29, 1.82) is 0 Å². The Labute approximate surface area is 75.0 Å². The molecule has 0 bridgehead atoms. The normalized spacial score (nSPS) is 19.2. The summed E-state index contributed by atoms with van der Waals surface area (Å²) in [5.41, 5.74) is 1.09. The smallest absolute Gasteiger partial charge is 0.167 e. The van der Waals surface area contributed by atoms with Gasteiger partial charge in [-0.1, -0.05) is 17.3 Å². The molecule has 1 heterocycles. The van der Waals surface area contributed by atoms with E-state index in [4.69, 9.17) is 4.52 Å². The molecule has 0 unspecified atom stereocenters. The van der Waals surface area contributed by atoms with Gasteiger partial charge in [0, 0.05) is 5.39 Å². The van der Waals surface area contributed by atoms with Gasteiger partial charge in [-0.3, -0.25) is 0 Å². The number of aliphatic hydroxyl groups is 1. The van der Waals surface area contributed by atoms with Crippen LogP contribution in [-0.2, 0) is 5.60 Å². The third-order valence-electron chi connectivity index (χ3n) is 2.62. The number of benzene rings is 1. The highest BCUT2D eigenvalue weighted by Gasteiger charge is 2.43. The Bertz CT molecular complexity index is 457. The van der Waals surface area contributed by atoms with Gasteiger partial charge in [0.25, 0.3) is 0 Å². The van der Waals surface area contributed by atoms with E-state index in [1.165, 1.54) is 0 Å². The summed E-state index contributed by atoms with van der Waals surface area (Å²) in [6.07, 6.45) is 3.36. The second kappa shape index (κ2) is 2.12. The van der Waals surface area contributed by atoms with Crippen LogP contribution in [0, 0.1) is 0 Å². The van der Waals surface area contributed by atoms with Crippen molar-refractivity contribution in [1.82, 2.24) is 5.16 Å². The van der Waals surface area contributed by atoms with E-state index in [0.29, 0.717) is 0 Å². The molecule has 2 aromatic rings. The maximum absolute atomic E-state index is 9.95. The summed E-state index contributed by atoms with van der Waals surface area (Å²) in [5.74, 6) is 0. The lowest BCUT2D eigenvalue weighted by Crippen LogP contribution is -2.03. The van der Waals surface area contributed by atoms with Crippen molar-refractivity contribution in [3.05, 3.63) is 30.0 Å². The van der Waals surface area contributed by atoms with Crippen molar-refractivity contribution in [2.45, 2.75) is 18.4 Å². The minimum atomic E-state index is -0.606. The van der Waals surface area contributed by atoms with Crippen LogP contribution in [0.2, 0.25) is 0 Å². The molecule has 1 aliphatic rings. The Morgan fingerprint density at radius 2 is 2.23 bits per heavy atom. The van der Waals surface area contributed by atoms with Crippen LogP contribution < -0.4 is 0 Å². The van der Waals surface area contributed by atoms with Gasteiger partial charge in [0.1, 0.15) is 0 Å². The molecule has 1 N–H and O–H groups in total. The van der Waals surface area contributed by atoms with E-state index in [-0.39, 0.29) is 0 Å². The monoisotopic (exact) mass is 175 g/mol. The molecular formula is C10H9NO2. The Hall–Kier alpha value is -1.35. The molecule has 3 heteroatoms. The second-order valence-corrected chi connectivity index (χ2v) is 3.57. The summed E-state index contributed by atoms with van der Waals surface area (Å²) >= 11 is 0. The van der Waals surface area contributed by atoms with Crippen LogP contribution in [0.4, 0.5) is 0 Å². The predicted molar refractivity (Wildman–Crippen MR) is 47.1 cm³/mol. The van der Waals surface area contributed by atoms with Gasteiger partial charge in [0.2, 0.25) is 0 Å². The van der Waals surface area contributed by atoms with Crippen LogP contribution in [0.15, 0.2) is 28.9 Å². The molecule has 3 nitrogen and oxygen atoms in total. The van der Waals surface area contributed by atoms with Crippen molar-refractivity contribution >= 4 is 11.0 Å². The van der Waals surface area contributed by atoms with E-state index in [2.05, 4.69) is 5.16 Å². The van der Waals surface area contributed by atoms with Gasteiger partial charge in [-0.05, 0) is 24.5 Å². The van der Waals surface area contributed by atoms with E-state index in [0.717, 1.165) is 29.4 Å². The average Bonchev–Trinajstić information content (AvgIpc) is 2.72. The fourth-order valence-electron chi connectivity index (χ4n) is 1.69. The van der Waals surface area contributed by atoms with Crippen LogP contribution in [0.5, 0.6) is 0 Å². The highest BCUT2D eigenvalue weighted by atomic mass is 16.5. The number of hydrogen-bond acceptors (Lipinski definition) is 3. The fraction of sp³-hybridized carbons (Fsp3) is 0.300. The van der Waals surface area contributed by atoms with Crippen molar-refractivity contribution < 1.29 is 9.63 Å². The van der Waals surface area contributed by atoms with E-state index >= 15 is 0 Å². The highest BCUT2D eigenvalue weighted by molar-refractivity contribution is 5.81. The molecule has 0 saturated heterocycles. The molecule has 0 aliphatic heterocycles. The number of hydrogen-bond donors (Lipinski definition) is 1. The van der Waals surface area contributed by atoms with Gasteiger partial charge in [-0.2, -0.15) is 0 Å². The fourth-order valence-corrected chi connectivity index (χ4v) is 1.69. The highest BCUT2D eigenvalue weighted by Crippen LogP contribution is 2.47. The van der Waals surface area contributed by atoms with Gasteiger partial charge in [-0.25, -0.2) is 0 Å². The van der Waals surface area contributed by atoms with Crippen molar-refractivity contribution in [2.75, 3.05) is 0 Å². The summed E-state index contributed by atoms with van der Waals surface area (Å²) in [6, 6.07) is 5.68. The lowest BCUT2D eigenvalue weighted by atomic mass is 10.0. The minimum Gasteiger partial charge on any atom is -0.385 e. The first-order valence-corrected chi connectivity index (χ1v) is 4.36. The SMILES string of the molecule is OC1(c2cccc3oncc23)CC1. The first kappa shape index (κ1) is 7.09. The lowest BCUT2D eigenvalue weighted by molar-refractivity contribution is 0.153. The van der Waals surface area contributed by atoms with Crippen LogP contribution in [-0.4, -0.2) is 10.3 Å². The molecule has 0 spiro atoms. The number of nitrogens with zero attached hydrogens (tertiary/aromatic N) is 1. The van der Waals surface area contributed by atoms with Gasteiger partial charge in [0.15, 0.2) is 5.58 Å². The Morgan fingerprint density at radius 3 is 3.00 bits per heavy atom. The molecule has 1 fully saturated rings. The zero-order valence-electron chi connectivity index (χ0n) is 7.03. The summed E-state index contributed by atoms with van der Waals surface area (Å²) in [5, 5.41) is 14.6. The maximum atomic E-state index is 9.95. The number of rotatable bonds is 1. The summed E-state index contributed by atoms with van der Waals surface area (Å²) in [4.78, 5) is 0. The topological polar surface area (TPSA) is 46.3 Å². The summed E-state index contributed by atoms with van der Waals surface area (Å²) in [7, 11) is 0. The van der Waals surface area contributed by atoms with Gasteiger partial charge < -0.3 is 9.63 Å². The van der Waals surface area contributed by atoms with E-state index < -0.39 is 5.60 Å². The third-order valence-corrected chi connectivity index (χ3v) is 2.62. The van der Waals surface area contributed by atoms with Crippen LogP contribution in [0.3, 0.4) is 0 Å². The molecule has 1 aromatic heterocycles. The molecule has 0 atom stereocenters. The quantitative estimate of drug-likeness (QED) is 0.718. The molecule has 0 radical (unpaired) electrons. The van der Waals surface area contributed by atoms with E-state index in [9.17, 15) is 5.11 Å². The van der Waals surface area contributed by atoms with Crippen molar-refractivity contribution in [3.8, 4) is 0 Å². The Balaban J connectivity index is 2.33. The molecule has 1 saturated carbocycles. The van der Waals surface area contributed by atoms with Gasteiger partial charge in [-0.15, -0.1) is 0 Å².